The number of non-ortho nitro benzene ring substituents is 1. The Labute approximate surface area is 127 Å². The van der Waals surface area contributed by atoms with E-state index in [1.807, 2.05) is 0 Å². The molecule has 0 fully saturated rings. The molecule has 0 aliphatic rings. The molecule has 0 saturated carbocycles. The minimum Gasteiger partial charge on any atom is -0.435 e. The lowest BCUT2D eigenvalue weighted by Gasteiger charge is -2.11. The van der Waals surface area contributed by atoms with Crippen molar-refractivity contribution in [3.8, 4) is 22.6 Å². The van der Waals surface area contributed by atoms with E-state index in [0.29, 0.717) is 5.56 Å². The molecule has 2 aromatic rings. The summed E-state index contributed by atoms with van der Waals surface area (Å²) in [6, 6.07) is 8.35. The highest BCUT2D eigenvalue weighted by Crippen LogP contribution is 2.35. The van der Waals surface area contributed by atoms with Crippen molar-refractivity contribution in [2.24, 2.45) is 0 Å². The number of rotatable bonds is 6. The number of halogens is 4. The van der Waals surface area contributed by atoms with Crippen LogP contribution in [0.3, 0.4) is 0 Å². The van der Waals surface area contributed by atoms with Crippen molar-refractivity contribution in [1.82, 2.24) is 0 Å². The lowest BCUT2D eigenvalue weighted by Crippen LogP contribution is -2.04. The maximum Gasteiger partial charge on any atom is 0.387 e. The van der Waals surface area contributed by atoms with Gasteiger partial charge in [-0.15, -0.1) is 0 Å². The van der Waals surface area contributed by atoms with Gasteiger partial charge in [0.15, 0.2) is 0 Å². The largest absolute Gasteiger partial charge is 0.435 e. The summed E-state index contributed by atoms with van der Waals surface area (Å²) in [7, 11) is 0. The van der Waals surface area contributed by atoms with Crippen molar-refractivity contribution in [2.45, 2.75) is 13.2 Å². The van der Waals surface area contributed by atoms with E-state index in [4.69, 9.17) is 0 Å². The van der Waals surface area contributed by atoms with Crippen LogP contribution in [0.5, 0.6) is 11.5 Å². The van der Waals surface area contributed by atoms with Crippen molar-refractivity contribution >= 4 is 5.69 Å². The monoisotopic (exact) mass is 331 g/mol. The van der Waals surface area contributed by atoms with Crippen LogP contribution < -0.4 is 9.47 Å². The van der Waals surface area contributed by atoms with Gasteiger partial charge in [-0.3, -0.25) is 10.1 Å². The smallest absolute Gasteiger partial charge is 0.387 e. The van der Waals surface area contributed by atoms with E-state index < -0.39 is 29.6 Å². The lowest BCUT2D eigenvalue weighted by molar-refractivity contribution is -0.385. The molecular formula is C14H9F4NO4. The van der Waals surface area contributed by atoms with Gasteiger partial charge in [-0.2, -0.15) is 17.6 Å². The van der Waals surface area contributed by atoms with Crippen LogP contribution in [0.4, 0.5) is 23.2 Å². The summed E-state index contributed by atoms with van der Waals surface area (Å²) in [6.45, 7) is -6.16. The van der Waals surface area contributed by atoms with Crippen LogP contribution in [0.2, 0.25) is 0 Å². The van der Waals surface area contributed by atoms with E-state index in [1.54, 1.807) is 0 Å². The molecule has 23 heavy (non-hydrogen) atoms. The molecule has 5 nitrogen and oxygen atoms in total. The zero-order chi connectivity index (χ0) is 17.0. The van der Waals surface area contributed by atoms with Crippen molar-refractivity contribution in [1.29, 1.82) is 0 Å². The highest BCUT2D eigenvalue weighted by molar-refractivity contribution is 5.72. The quantitative estimate of drug-likeness (QED) is 0.445. The number of ether oxygens (including phenoxy) is 2. The SMILES string of the molecule is O=[N+]([O-])c1ccc(-c2ccc(OC(F)F)cc2)c(OC(F)F)c1. The second-order valence-corrected chi connectivity index (χ2v) is 4.22. The van der Waals surface area contributed by atoms with Crippen molar-refractivity contribution in [3.05, 3.63) is 52.6 Å². The van der Waals surface area contributed by atoms with Gasteiger partial charge in [-0.05, 0) is 23.8 Å². The highest BCUT2D eigenvalue weighted by Gasteiger charge is 2.16. The first-order valence-corrected chi connectivity index (χ1v) is 6.15. The van der Waals surface area contributed by atoms with Gasteiger partial charge in [0.25, 0.3) is 5.69 Å². The molecule has 0 atom stereocenters. The standard InChI is InChI=1S/C14H9F4NO4/c15-13(16)22-10-4-1-8(2-5-10)11-6-3-9(19(20)21)7-12(11)23-14(17)18/h1-7,13-14H. The second-order valence-electron chi connectivity index (χ2n) is 4.22. The second kappa shape index (κ2) is 6.95. The van der Waals surface area contributed by atoms with E-state index >= 15 is 0 Å². The predicted octanol–water partition coefficient (Wildman–Crippen LogP) is 4.46. The van der Waals surface area contributed by atoms with Gasteiger partial charge in [0.1, 0.15) is 11.5 Å². The normalized spacial score (nSPS) is 10.9. The minimum absolute atomic E-state index is 0.109. The maximum atomic E-state index is 12.5. The van der Waals surface area contributed by atoms with Crippen LogP contribution >= 0.6 is 0 Å². The molecule has 0 saturated heterocycles. The van der Waals surface area contributed by atoms with Crippen LogP contribution in [-0.2, 0) is 0 Å². The Morgan fingerprint density at radius 2 is 1.52 bits per heavy atom. The van der Waals surface area contributed by atoms with Gasteiger partial charge < -0.3 is 9.47 Å². The van der Waals surface area contributed by atoms with E-state index in [-0.39, 0.29) is 11.3 Å². The summed E-state index contributed by atoms with van der Waals surface area (Å²) < 4.78 is 57.6. The average molecular weight is 331 g/mol. The fraction of sp³-hybridized carbons (Fsp3) is 0.143. The molecule has 0 spiro atoms. The molecule has 0 aromatic heterocycles. The summed E-state index contributed by atoms with van der Waals surface area (Å²) in [4.78, 5) is 9.96. The third-order valence-corrected chi connectivity index (χ3v) is 2.78. The molecule has 0 N–H and O–H groups in total. The zero-order valence-corrected chi connectivity index (χ0v) is 11.3. The zero-order valence-electron chi connectivity index (χ0n) is 11.3. The molecule has 2 rings (SSSR count). The first-order valence-electron chi connectivity index (χ1n) is 6.15. The van der Waals surface area contributed by atoms with Crippen LogP contribution in [0, 0.1) is 10.1 Å². The molecule has 9 heteroatoms. The molecule has 0 aliphatic carbocycles. The van der Waals surface area contributed by atoms with Gasteiger partial charge >= 0.3 is 13.2 Å². The van der Waals surface area contributed by atoms with Crippen LogP contribution in [-0.4, -0.2) is 18.1 Å². The Balaban J connectivity index is 2.39. The first kappa shape index (κ1) is 16.5. The number of nitro benzene ring substituents is 1. The van der Waals surface area contributed by atoms with Gasteiger partial charge in [-0.1, -0.05) is 12.1 Å². The van der Waals surface area contributed by atoms with E-state index in [2.05, 4.69) is 9.47 Å². The topological polar surface area (TPSA) is 61.6 Å². The van der Waals surface area contributed by atoms with Crippen molar-refractivity contribution < 1.29 is 32.0 Å². The van der Waals surface area contributed by atoms with E-state index in [9.17, 15) is 27.7 Å². The Hall–Kier alpha value is -2.84. The third-order valence-electron chi connectivity index (χ3n) is 2.78. The molecule has 122 valence electrons. The number of alkyl halides is 4. The minimum atomic E-state index is -3.17. The molecule has 0 bridgehead atoms. The summed E-state index contributed by atoms with van der Waals surface area (Å²) in [5.74, 6) is -0.501. The van der Waals surface area contributed by atoms with Crippen LogP contribution in [0.25, 0.3) is 11.1 Å². The number of nitrogens with zero attached hydrogens (tertiary/aromatic N) is 1. The first-order chi connectivity index (χ1) is 10.9. The number of benzene rings is 2. The van der Waals surface area contributed by atoms with Gasteiger partial charge in [0.2, 0.25) is 0 Å². The number of nitro groups is 1. The van der Waals surface area contributed by atoms with E-state index in [1.165, 1.54) is 30.3 Å². The fourth-order valence-electron chi connectivity index (χ4n) is 1.87. The van der Waals surface area contributed by atoms with Crippen molar-refractivity contribution in [2.75, 3.05) is 0 Å². The lowest BCUT2D eigenvalue weighted by atomic mass is 10.0. The molecule has 0 aliphatic heterocycles. The Kier molecular flexibility index (Phi) is 4.99. The molecule has 0 unspecified atom stereocenters. The summed E-state index contributed by atoms with van der Waals surface area (Å²) in [6.07, 6.45) is 0. The average Bonchev–Trinajstić information content (AvgIpc) is 2.47. The highest BCUT2D eigenvalue weighted by atomic mass is 19.3. The number of hydrogen-bond donors (Lipinski definition) is 0. The van der Waals surface area contributed by atoms with E-state index in [0.717, 1.165) is 12.1 Å². The van der Waals surface area contributed by atoms with Crippen molar-refractivity contribution in [3.63, 3.8) is 0 Å². The van der Waals surface area contributed by atoms with Crippen LogP contribution in [0.1, 0.15) is 0 Å². The summed E-state index contributed by atoms with van der Waals surface area (Å²) >= 11 is 0. The van der Waals surface area contributed by atoms with Gasteiger partial charge in [-0.25, -0.2) is 0 Å². The molecular weight excluding hydrogens is 322 g/mol. The van der Waals surface area contributed by atoms with Gasteiger partial charge in [0, 0.05) is 11.6 Å². The predicted molar refractivity (Wildman–Crippen MR) is 71.8 cm³/mol. The molecule has 0 heterocycles. The maximum absolute atomic E-state index is 12.5. The Bertz CT molecular complexity index is 692. The molecule has 2 aromatic carbocycles. The molecule has 0 radical (unpaired) electrons. The Morgan fingerprint density at radius 1 is 0.913 bits per heavy atom. The summed E-state index contributed by atoms with van der Waals surface area (Å²) in [5, 5.41) is 10.7. The third kappa shape index (κ3) is 4.31. The fourth-order valence-corrected chi connectivity index (χ4v) is 1.87. The van der Waals surface area contributed by atoms with Gasteiger partial charge in [0.05, 0.1) is 11.0 Å². The Morgan fingerprint density at radius 3 is 2.04 bits per heavy atom. The molecule has 0 amide bonds. The van der Waals surface area contributed by atoms with Crippen LogP contribution in [0.15, 0.2) is 42.5 Å². The summed E-state index contributed by atoms with van der Waals surface area (Å²) in [5.41, 5.74) is 0.0821. The number of hydrogen-bond acceptors (Lipinski definition) is 4.